The van der Waals surface area contributed by atoms with E-state index in [1.807, 2.05) is 0 Å². The molecule has 1 aromatic heterocycles. The van der Waals surface area contributed by atoms with Crippen LogP contribution in [-0.4, -0.2) is 10.9 Å². The van der Waals surface area contributed by atoms with Gasteiger partial charge in [-0.3, -0.25) is 4.79 Å². The first kappa shape index (κ1) is 18.7. The number of nitrogens with one attached hydrogen (secondary N) is 2. The summed E-state index contributed by atoms with van der Waals surface area (Å²) >= 11 is 6.03. The van der Waals surface area contributed by atoms with Gasteiger partial charge in [-0.2, -0.15) is 13.2 Å². The van der Waals surface area contributed by atoms with Crippen molar-refractivity contribution >= 4 is 34.7 Å². The number of para-hydroxylation sites is 1. The van der Waals surface area contributed by atoms with Crippen LogP contribution in [-0.2, 0) is 6.18 Å². The summed E-state index contributed by atoms with van der Waals surface area (Å²) in [6, 6.07) is 14.4. The molecule has 0 spiro atoms. The van der Waals surface area contributed by atoms with Crippen molar-refractivity contribution in [3.05, 3.63) is 83.0 Å². The van der Waals surface area contributed by atoms with Gasteiger partial charge in [-0.25, -0.2) is 4.98 Å². The zero-order valence-corrected chi connectivity index (χ0v) is 14.5. The minimum atomic E-state index is -4.47. The molecular formula is C19H13ClF3N3O. The van der Waals surface area contributed by atoms with Crippen LogP contribution >= 0.6 is 11.6 Å². The maximum absolute atomic E-state index is 12.9. The van der Waals surface area contributed by atoms with Gasteiger partial charge in [0.05, 0.1) is 21.8 Å². The smallest absolute Gasteiger partial charge is 0.340 e. The van der Waals surface area contributed by atoms with E-state index < -0.39 is 17.6 Å². The predicted molar refractivity (Wildman–Crippen MR) is 98.4 cm³/mol. The number of pyridine rings is 1. The van der Waals surface area contributed by atoms with Crippen LogP contribution in [0.1, 0.15) is 15.9 Å². The SMILES string of the molecule is O=C(Nc1ccccc1Cl)c1cccnc1Nc1cccc(C(F)(F)F)c1. The number of amides is 1. The van der Waals surface area contributed by atoms with Gasteiger partial charge in [-0.05, 0) is 42.5 Å². The second kappa shape index (κ2) is 7.67. The standard InChI is InChI=1S/C19H13ClF3N3O/c20-15-8-1-2-9-16(15)26-18(27)14-7-4-10-24-17(14)25-13-6-3-5-12(11-13)19(21,22)23/h1-11H,(H,24,25)(H,26,27). The Kier molecular flexibility index (Phi) is 5.32. The quantitative estimate of drug-likeness (QED) is 0.595. The van der Waals surface area contributed by atoms with E-state index in [4.69, 9.17) is 11.6 Å². The van der Waals surface area contributed by atoms with E-state index in [2.05, 4.69) is 15.6 Å². The summed E-state index contributed by atoms with van der Waals surface area (Å²) in [6.07, 6.45) is -3.03. The molecule has 2 aromatic carbocycles. The number of hydrogen-bond donors (Lipinski definition) is 2. The maximum Gasteiger partial charge on any atom is 0.416 e. The first-order chi connectivity index (χ1) is 12.8. The number of alkyl halides is 3. The Morgan fingerprint density at radius 1 is 1.00 bits per heavy atom. The van der Waals surface area contributed by atoms with Crippen molar-refractivity contribution in [3.8, 4) is 0 Å². The van der Waals surface area contributed by atoms with E-state index >= 15 is 0 Å². The van der Waals surface area contributed by atoms with Crippen molar-refractivity contribution in [3.63, 3.8) is 0 Å². The Morgan fingerprint density at radius 2 is 1.78 bits per heavy atom. The maximum atomic E-state index is 12.9. The Balaban J connectivity index is 1.86. The summed E-state index contributed by atoms with van der Waals surface area (Å²) in [6.45, 7) is 0. The lowest BCUT2D eigenvalue weighted by molar-refractivity contribution is -0.137. The lowest BCUT2D eigenvalue weighted by atomic mass is 10.1. The molecule has 0 aliphatic rings. The van der Waals surface area contributed by atoms with Gasteiger partial charge >= 0.3 is 6.18 Å². The van der Waals surface area contributed by atoms with Crippen LogP contribution in [0.4, 0.5) is 30.4 Å². The van der Waals surface area contributed by atoms with Gasteiger partial charge < -0.3 is 10.6 Å². The van der Waals surface area contributed by atoms with Gasteiger partial charge in [0.2, 0.25) is 0 Å². The first-order valence-corrected chi connectivity index (χ1v) is 8.17. The van der Waals surface area contributed by atoms with Gasteiger partial charge in [0.25, 0.3) is 5.91 Å². The molecular weight excluding hydrogens is 379 g/mol. The average molecular weight is 392 g/mol. The summed E-state index contributed by atoms with van der Waals surface area (Å²) in [4.78, 5) is 16.6. The minimum absolute atomic E-state index is 0.126. The molecule has 0 aliphatic carbocycles. The minimum Gasteiger partial charge on any atom is -0.340 e. The van der Waals surface area contributed by atoms with Crippen LogP contribution in [0, 0.1) is 0 Å². The molecule has 0 atom stereocenters. The molecule has 3 rings (SSSR count). The molecule has 1 heterocycles. The lowest BCUT2D eigenvalue weighted by Gasteiger charge is -2.13. The van der Waals surface area contributed by atoms with Crippen molar-refractivity contribution in [2.75, 3.05) is 10.6 Å². The van der Waals surface area contributed by atoms with Crippen molar-refractivity contribution < 1.29 is 18.0 Å². The summed E-state index contributed by atoms with van der Waals surface area (Å²) in [7, 11) is 0. The molecule has 0 aliphatic heterocycles. The van der Waals surface area contributed by atoms with Gasteiger partial charge in [0.15, 0.2) is 0 Å². The van der Waals surface area contributed by atoms with Gasteiger partial charge in [-0.15, -0.1) is 0 Å². The molecule has 2 N–H and O–H groups in total. The topological polar surface area (TPSA) is 54.0 Å². The first-order valence-electron chi connectivity index (χ1n) is 7.80. The predicted octanol–water partition coefficient (Wildman–Crippen LogP) is 5.75. The van der Waals surface area contributed by atoms with Crippen LogP contribution < -0.4 is 10.6 Å². The second-order valence-electron chi connectivity index (χ2n) is 5.54. The Bertz CT molecular complexity index is 976. The average Bonchev–Trinajstić information content (AvgIpc) is 2.63. The number of aromatic nitrogens is 1. The summed E-state index contributed by atoms with van der Waals surface area (Å²) in [5.74, 6) is -0.368. The molecule has 0 bridgehead atoms. The summed E-state index contributed by atoms with van der Waals surface area (Å²) in [5, 5.41) is 5.78. The van der Waals surface area contributed by atoms with Crippen LogP contribution in [0.25, 0.3) is 0 Å². The Labute approximate surface area is 158 Å². The van der Waals surface area contributed by atoms with Gasteiger partial charge in [-0.1, -0.05) is 29.8 Å². The number of carbonyl (C=O) groups excluding carboxylic acids is 1. The molecule has 138 valence electrons. The Hall–Kier alpha value is -3.06. The van der Waals surface area contributed by atoms with E-state index in [0.717, 1.165) is 12.1 Å². The van der Waals surface area contributed by atoms with Gasteiger partial charge in [0, 0.05) is 11.9 Å². The highest BCUT2D eigenvalue weighted by Gasteiger charge is 2.30. The number of carbonyl (C=O) groups is 1. The number of anilines is 3. The molecule has 4 nitrogen and oxygen atoms in total. The largest absolute Gasteiger partial charge is 0.416 e. The monoisotopic (exact) mass is 391 g/mol. The molecule has 8 heteroatoms. The van der Waals surface area contributed by atoms with Crippen molar-refractivity contribution in [2.24, 2.45) is 0 Å². The molecule has 0 unspecified atom stereocenters. The zero-order chi connectivity index (χ0) is 19.4. The van der Waals surface area contributed by atoms with Gasteiger partial charge in [0.1, 0.15) is 5.82 Å². The molecule has 27 heavy (non-hydrogen) atoms. The molecule has 0 saturated carbocycles. The highest BCUT2D eigenvalue weighted by atomic mass is 35.5. The third kappa shape index (κ3) is 4.57. The molecule has 3 aromatic rings. The molecule has 1 amide bonds. The van der Waals surface area contributed by atoms with E-state index in [-0.39, 0.29) is 17.1 Å². The van der Waals surface area contributed by atoms with Crippen molar-refractivity contribution in [1.29, 1.82) is 0 Å². The van der Waals surface area contributed by atoms with Crippen molar-refractivity contribution in [2.45, 2.75) is 6.18 Å². The van der Waals surface area contributed by atoms with E-state index in [9.17, 15) is 18.0 Å². The van der Waals surface area contributed by atoms with E-state index in [1.165, 1.54) is 24.4 Å². The Morgan fingerprint density at radius 3 is 2.52 bits per heavy atom. The fourth-order valence-electron chi connectivity index (χ4n) is 2.35. The number of benzene rings is 2. The number of halogens is 4. The zero-order valence-electron chi connectivity index (χ0n) is 13.7. The summed E-state index contributed by atoms with van der Waals surface area (Å²) < 4.78 is 38.6. The normalized spacial score (nSPS) is 11.1. The third-order valence-corrected chi connectivity index (χ3v) is 3.96. The lowest BCUT2D eigenvalue weighted by Crippen LogP contribution is -2.15. The summed E-state index contributed by atoms with van der Waals surface area (Å²) in [5.41, 5.74) is -0.0614. The molecule has 0 fully saturated rings. The molecule has 0 radical (unpaired) electrons. The van der Waals surface area contributed by atoms with Crippen LogP contribution in [0.3, 0.4) is 0 Å². The fraction of sp³-hybridized carbons (Fsp3) is 0.0526. The molecule has 0 saturated heterocycles. The third-order valence-electron chi connectivity index (χ3n) is 3.63. The second-order valence-corrected chi connectivity index (χ2v) is 5.94. The van der Waals surface area contributed by atoms with E-state index in [0.29, 0.717) is 10.7 Å². The van der Waals surface area contributed by atoms with Crippen LogP contribution in [0.15, 0.2) is 66.9 Å². The highest BCUT2D eigenvalue weighted by Crippen LogP contribution is 2.31. The highest BCUT2D eigenvalue weighted by molar-refractivity contribution is 6.34. The fourth-order valence-corrected chi connectivity index (χ4v) is 2.53. The number of nitrogens with zero attached hydrogens (tertiary/aromatic N) is 1. The number of rotatable bonds is 4. The van der Waals surface area contributed by atoms with E-state index in [1.54, 1.807) is 30.3 Å². The van der Waals surface area contributed by atoms with Crippen LogP contribution in [0.5, 0.6) is 0 Å². The van der Waals surface area contributed by atoms with Crippen molar-refractivity contribution in [1.82, 2.24) is 4.98 Å². The van der Waals surface area contributed by atoms with Crippen LogP contribution in [0.2, 0.25) is 5.02 Å². The number of hydrogen-bond acceptors (Lipinski definition) is 3.